The van der Waals surface area contributed by atoms with Crippen molar-refractivity contribution in [1.29, 1.82) is 5.26 Å². The maximum Gasteiger partial charge on any atom is 0.246 e. The van der Waals surface area contributed by atoms with Crippen molar-refractivity contribution >= 4 is 15.9 Å². The summed E-state index contributed by atoms with van der Waals surface area (Å²) in [5.41, 5.74) is -0.873. The molecule has 7 nitrogen and oxygen atoms in total. The molecule has 152 valence electrons. The molecule has 1 aliphatic heterocycles. The number of nitrogens with zero attached hydrogens (tertiary/aromatic N) is 3. The van der Waals surface area contributed by atoms with Crippen LogP contribution in [0.4, 0.5) is 8.78 Å². The molecule has 10 heteroatoms. The Labute approximate surface area is 163 Å². The third-order valence-electron chi connectivity index (χ3n) is 5.24. The second kappa shape index (κ2) is 7.73. The van der Waals surface area contributed by atoms with Gasteiger partial charge >= 0.3 is 0 Å². The second-order valence-corrected chi connectivity index (χ2v) is 9.30. The van der Waals surface area contributed by atoms with Crippen LogP contribution in [-0.2, 0) is 14.8 Å². The average molecular weight is 412 g/mol. The maximum absolute atomic E-state index is 13.9. The Balaban J connectivity index is 1.57. The van der Waals surface area contributed by atoms with Gasteiger partial charge in [0.05, 0.1) is 12.6 Å². The monoisotopic (exact) mass is 412 g/mol. The summed E-state index contributed by atoms with van der Waals surface area (Å²) >= 11 is 0. The van der Waals surface area contributed by atoms with Gasteiger partial charge < -0.3 is 5.32 Å². The Hall–Kier alpha value is -2.09. The van der Waals surface area contributed by atoms with Crippen LogP contribution in [0.3, 0.4) is 0 Å². The lowest BCUT2D eigenvalue weighted by molar-refractivity contribution is -0.123. The van der Waals surface area contributed by atoms with E-state index in [2.05, 4.69) is 11.4 Å². The van der Waals surface area contributed by atoms with E-state index in [0.29, 0.717) is 19.2 Å². The molecule has 1 N–H and O–H groups in total. The molecule has 1 atom stereocenters. The number of carbonyl (C=O) groups excluding carboxylic acids is 1. The number of benzene rings is 1. The first-order valence-corrected chi connectivity index (χ1v) is 10.5. The fourth-order valence-corrected chi connectivity index (χ4v) is 4.83. The van der Waals surface area contributed by atoms with Crippen LogP contribution in [0, 0.1) is 28.9 Å². The van der Waals surface area contributed by atoms with Gasteiger partial charge in [0.25, 0.3) is 0 Å². The van der Waals surface area contributed by atoms with Crippen molar-refractivity contribution in [1.82, 2.24) is 14.5 Å². The van der Waals surface area contributed by atoms with Gasteiger partial charge in [-0.2, -0.15) is 9.57 Å². The van der Waals surface area contributed by atoms with Crippen molar-refractivity contribution in [3.8, 4) is 6.07 Å². The molecule has 1 heterocycles. The summed E-state index contributed by atoms with van der Waals surface area (Å²) in [5.74, 6) is -2.08. The molecule has 1 aromatic carbocycles. The molecule has 3 rings (SSSR count). The lowest BCUT2D eigenvalue weighted by Gasteiger charge is -2.34. The standard InChI is InChI=1S/C18H22F2N4O3S/c1-18(12-21,13-2-3-13)22-17(25)11-23-6-8-24(9-7-23)28(26,27)16-5-4-14(19)10-15(16)20/h4-5,10,13H,2-3,6-9,11H2,1H3,(H,22,25)/t18-/m1/s1. The lowest BCUT2D eigenvalue weighted by Crippen LogP contribution is -2.54. The first kappa shape index (κ1) is 20.6. The number of hydrogen-bond acceptors (Lipinski definition) is 5. The summed E-state index contributed by atoms with van der Waals surface area (Å²) < 4.78 is 53.2. The van der Waals surface area contributed by atoms with E-state index in [4.69, 9.17) is 0 Å². The molecule has 0 radical (unpaired) electrons. The van der Waals surface area contributed by atoms with Gasteiger partial charge in [-0.3, -0.25) is 9.69 Å². The molecular formula is C18H22F2N4O3S. The third kappa shape index (κ3) is 4.32. The van der Waals surface area contributed by atoms with Crippen molar-refractivity contribution in [2.24, 2.45) is 5.92 Å². The summed E-state index contributed by atoms with van der Waals surface area (Å²) in [6, 6.07) is 4.53. The van der Waals surface area contributed by atoms with E-state index in [9.17, 15) is 27.3 Å². The Morgan fingerprint density at radius 3 is 2.46 bits per heavy atom. The van der Waals surface area contributed by atoms with Crippen LogP contribution in [0.2, 0.25) is 0 Å². The minimum Gasteiger partial charge on any atom is -0.337 e. The van der Waals surface area contributed by atoms with Crippen LogP contribution < -0.4 is 5.32 Å². The Kier molecular flexibility index (Phi) is 5.70. The van der Waals surface area contributed by atoms with E-state index in [0.717, 1.165) is 29.3 Å². The first-order chi connectivity index (χ1) is 13.2. The molecule has 1 aromatic rings. The molecule has 0 unspecified atom stereocenters. The number of rotatable bonds is 6. The van der Waals surface area contributed by atoms with Gasteiger partial charge in [-0.25, -0.2) is 17.2 Å². The van der Waals surface area contributed by atoms with Crippen molar-refractivity contribution in [3.63, 3.8) is 0 Å². The maximum atomic E-state index is 13.9. The number of nitrogens with one attached hydrogen (secondary N) is 1. The predicted molar refractivity (Wildman–Crippen MR) is 96.4 cm³/mol. The number of nitriles is 1. The van der Waals surface area contributed by atoms with Gasteiger partial charge in [0.15, 0.2) is 0 Å². The molecule has 0 spiro atoms. The highest BCUT2D eigenvalue weighted by atomic mass is 32.2. The van der Waals surface area contributed by atoms with Crippen LogP contribution in [0.1, 0.15) is 19.8 Å². The molecule has 28 heavy (non-hydrogen) atoms. The average Bonchev–Trinajstić information content (AvgIpc) is 3.47. The highest BCUT2D eigenvalue weighted by molar-refractivity contribution is 7.89. The molecule has 0 aromatic heterocycles. The summed E-state index contributed by atoms with van der Waals surface area (Å²) in [7, 11) is -4.08. The summed E-state index contributed by atoms with van der Waals surface area (Å²) in [6.07, 6.45) is 1.83. The number of hydrogen-bond donors (Lipinski definition) is 1. The first-order valence-electron chi connectivity index (χ1n) is 9.05. The van der Waals surface area contributed by atoms with Gasteiger partial charge in [-0.05, 0) is 37.8 Å². The highest BCUT2D eigenvalue weighted by Crippen LogP contribution is 2.39. The van der Waals surface area contributed by atoms with E-state index in [1.54, 1.807) is 11.8 Å². The van der Waals surface area contributed by atoms with E-state index in [-0.39, 0.29) is 31.5 Å². The van der Waals surface area contributed by atoms with E-state index >= 15 is 0 Å². The molecule has 0 bridgehead atoms. The normalized spacial score (nSPS) is 20.9. The van der Waals surface area contributed by atoms with E-state index in [1.165, 1.54) is 0 Å². The Morgan fingerprint density at radius 2 is 1.93 bits per heavy atom. The topological polar surface area (TPSA) is 93.5 Å². The van der Waals surface area contributed by atoms with Crippen molar-refractivity contribution in [3.05, 3.63) is 29.8 Å². The number of amides is 1. The van der Waals surface area contributed by atoms with E-state index < -0.39 is 32.1 Å². The van der Waals surface area contributed by atoms with Gasteiger partial charge in [-0.15, -0.1) is 0 Å². The number of sulfonamides is 1. The largest absolute Gasteiger partial charge is 0.337 e. The smallest absolute Gasteiger partial charge is 0.246 e. The zero-order valence-corrected chi connectivity index (χ0v) is 16.3. The van der Waals surface area contributed by atoms with Crippen LogP contribution in [0.15, 0.2) is 23.1 Å². The molecule has 1 saturated carbocycles. The van der Waals surface area contributed by atoms with Gasteiger partial charge in [0.1, 0.15) is 22.1 Å². The number of halogens is 2. The van der Waals surface area contributed by atoms with Crippen LogP contribution in [-0.4, -0.2) is 61.8 Å². The fourth-order valence-electron chi connectivity index (χ4n) is 3.37. The minimum absolute atomic E-state index is 0.0583. The third-order valence-corrected chi connectivity index (χ3v) is 7.17. The van der Waals surface area contributed by atoms with Crippen molar-refractivity contribution < 1.29 is 22.0 Å². The lowest BCUT2D eigenvalue weighted by atomic mass is 9.98. The van der Waals surface area contributed by atoms with Crippen LogP contribution >= 0.6 is 0 Å². The molecule has 1 amide bonds. The number of piperazine rings is 1. The molecule has 2 fully saturated rings. The summed E-state index contributed by atoms with van der Waals surface area (Å²) in [4.78, 5) is 13.5. The van der Waals surface area contributed by atoms with Crippen LogP contribution in [0.25, 0.3) is 0 Å². The van der Waals surface area contributed by atoms with Crippen LogP contribution in [0.5, 0.6) is 0 Å². The van der Waals surface area contributed by atoms with Gasteiger partial charge in [0, 0.05) is 32.2 Å². The zero-order valence-electron chi connectivity index (χ0n) is 15.5. The molecule has 2 aliphatic rings. The predicted octanol–water partition coefficient (Wildman–Crippen LogP) is 1.08. The second-order valence-electron chi connectivity index (χ2n) is 7.39. The molecule has 1 saturated heterocycles. The van der Waals surface area contributed by atoms with Crippen molar-refractivity contribution in [2.75, 3.05) is 32.7 Å². The number of carbonyl (C=O) groups is 1. The molecular weight excluding hydrogens is 390 g/mol. The highest BCUT2D eigenvalue weighted by Gasteiger charge is 2.43. The van der Waals surface area contributed by atoms with Gasteiger partial charge in [-0.1, -0.05) is 0 Å². The Morgan fingerprint density at radius 1 is 1.29 bits per heavy atom. The molecule has 1 aliphatic carbocycles. The zero-order chi connectivity index (χ0) is 20.5. The summed E-state index contributed by atoms with van der Waals surface area (Å²) in [6.45, 7) is 2.53. The van der Waals surface area contributed by atoms with Crippen molar-refractivity contribution in [2.45, 2.75) is 30.2 Å². The fraction of sp³-hybridized carbons (Fsp3) is 0.556. The van der Waals surface area contributed by atoms with Gasteiger partial charge in [0.2, 0.25) is 15.9 Å². The summed E-state index contributed by atoms with van der Waals surface area (Å²) in [5, 5.41) is 12.1. The van der Waals surface area contributed by atoms with E-state index in [1.807, 2.05) is 0 Å². The SMILES string of the molecule is C[C@](C#N)(NC(=O)CN1CCN(S(=O)(=O)c2ccc(F)cc2F)CC1)C1CC1. The minimum atomic E-state index is -4.08. The quantitative estimate of drug-likeness (QED) is 0.755. The Bertz CT molecular complexity index is 906.